The van der Waals surface area contributed by atoms with Gasteiger partial charge in [-0.25, -0.2) is 4.79 Å². The molecular weight excluding hydrogens is 488 g/mol. The van der Waals surface area contributed by atoms with Crippen LogP contribution in [0, 0.1) is 0 Å². The van der Waals surface area contributed by atoms with E-state index in [1.165, 1.54) is 15.9 Å². The average Bonchev–Trinajstić information content (AvgIpc) is 3.33. The van der Waals surface area contributed by atoms with E-state index < -0.39 is 11.2 Å². The number of amides is 2. The molecule has 0 saturated carbocycles. The monoisotopic (exact) mass is 518 g/mol. The van der Waals surface area contributed by atoms with Crippen molar-refractivity contribution in [2.24, 2.45) is 0 Å². The largest absolute Gasteiger partial charge is 0.356 e. The summed E-state index contributed by atoms with van der Waals surface area (Å²) in [6, 6.07) is 9.08. The zero-order valence-corrected chi connectivity index (χ0v) is 21.7. The molecule has 2 aromatic heterocycles. The number of hydrogen-bond donors (Lipinski definition) is 1. The van der Waals surface area contributed by atoms with Gasteiger partial charge in [0.1, 0.15) is 11.2 Å². The second-order valence-corrected chi connectivity index (χ2v) is 9.67. The Kier molecular flexibility index (Phi) is 9.68. The zero-order valence-electron chi connectivity index (χ0n) is 20.1. The number of nitrogens with one attached hydrogen (secondary N) is 1. The van der Waals surface area contributed by atoms with Crippen molar-refractivity contribution in [2.45, 2.75) is 52.6 Å². The van der Waals surface area contributed by atoms with Gasteiger partial charge in [0, 0.05) is 37.6 Å². The summed E-state index contributed by atoms with van der Waals surface area (Å²) < 4.78 is 2.82. The number of hydrogen-bond acceptors (Lipinski definition) is 5. The first-order valence-electron chi connectivity index (χ1n) is 11.9. The molecule has 0 bridgehead atoms. The molecule has 1 N–H and O–H groups in total. The van der Waals surface area contributed by atoms with E-state index in [1.54, 1.807) is 28.5 Å². The summed E-state index contributed by atoms with van der Waals surface area (Å²) in [6.45, 7) is 5.47. The van der Waals surface area contributed by atoms with Gasteiger partial charge in [-0.05, 0) is 48.4 Å². The first-order valence-corrected chi connectivity index (χ1v) is 13.1. The second-order valence-electron chi connectivity index (χ2n) is 8.32. The molecule has 0 aliphatic carbocycles. The van der Waals surface area contributed by atoms with Crippen molar-refractivity contribution < 1.29 is 9.59 Å². The highest BCUT2D eigenvalue weighted by Crippen LogP contribution is 2.16. The van der Waals surface area contributed by atoms with E-state index in [-0.39, 0.29) is 31.3 Å². The van der Waals surface area contributed by atoms with Gasteiger partial charge in [-0.3, -0.25) is 23.5 Å². The summed E-state index contributed by atoms with van der Waals surface area (Å²) in [6.07, 6.45) is 2.27. The van der Waals surface area contributed by atoms with Gasteiger partial charge in [-0.1, -0.05) is 37.6 Å². The van der Waals surface area contributed by atoms with Crippen LogP contribution in [0.15, 0.2) is 45.3 Å². The quantitative estimate of drug-likeness (QED) is 0.398. The van der Waals surface area contributed by atoms with Crippen LogP contribution in [-0.2, 0) is 29.1 Å². The van der Waals surface area contributed by atoms with Crippen molar-refractivity contribution in [2.75, 3.05) is 19.6 Å². The Bertz CT molecular complexity index is 1270. The lowest BCUT2D eigenvalue weighted by Gasteiger charge is -2.22. The predicted octanol–water partition coefficient (Wildman–Crippen LogP) is 3.28. The molecule has 35 heavy (non-hydrogen) atoms. The molecule has 1 aromatic carbocycles. The van der Waals surface area contributed by atoms with Crippen molar-refractivity contribution in [3.05, 3.63) is 67.1 Å². The van der Waals surface area contributed by atoms with Gasteiger partial charge >= 0.3 is 5.69 Å². The molecule has 0 atom stereocenters. The third-order valence-electron chi connectivity index (χ3n) is 5.68. The smallest absolute Gasteiger partial charge is 0.332 e. The number of carbonyl (C=O) groups is 2. The van der Waals surface area contributed by atoms with Gasteiger partial charge in [0.15, 0.2) is 0 Å². The van der Waals surface area contributed by atoms with Crippen LogP contribution < -0.4 is 16.6 Å². The van der Waals surface area contributed by atoms with E-state index >= 15 is 0 Å². The lowest BCUT2D eigenvalue weighted by Crippen LogP contribution is -2.44. The number of thiophene rings is 1. The SMILES string of the molecule is CCCN(CCC)C(=O)Cn1c(=O)n(CCC(=O)NCCc2ccc(Cl)cc2)c(=O)c2sccc21. The maximum Gasteiger partial charge on any atom is 0.332 e. The van der Waals surface area contributed by atoms with E-state index in [2.05, 4.69) is 5.32 Å². The first-order chi connectivity index (χ1) is 16.8. The summed E-state index contributed by atoms with van der Waals surface area (Å²) in [7, 11) is 0. The molecule has 3 aromatic rings. The van der Waals surface area contributed by atoms with E-state index in [4.69, 9.17) is 11.6 Å². The van der Waals surface area contributed by atoms with E-state index in [1.807, 2.05) is 26.0 Å². The second kappa shape index (κ2) is 12.7. The summed E-state index contributed by atoms with van der Waals surface area (Å²) in [4.78, 5) is 53.2. The fourth-order valence-electron chi connectivity index (χ4n) is 3.92. The Morgan fingerprint density at radius 2 is 1.71 bits per heavy atom. The van der Waals surface area contributed by atoms with E-state index in [0.29, 0.717) is 41.3 Å². The Balaban J connectivity index is 1.72. The summed E-state index contributed by atoms with van der Waals surface area (Å²) >= 11 is 7.11. The lowest BCUT2D eigenvalue weighted by molar-refractivity contribution is -0.132. The topological polar surface area (TPSA) is 93.4 Å². The normalized spacial score (nSPS) is 11.1. The average molecular weight is 519 g/mol. The van der Waals surface area contributed by atoms with Crippen molar-refractivity contribution in [3.63, 3.8) is 0 Å². The zero-order chi connectivity index (χ0) is 25.4. The minimum atomic E-state index is -0.573. The van der Waals surface area contributed by atoms with Crippen LogP contribution in [0.25, 0.3) is 10.2 Å². The molecule has 10 heteroatoms. The van der Waals surface area contributed by atoms with Crippen LogP contribution >= 0.6 is 22.9 Å². The highest BCUT2D eigenvalue weighted by atomic mass is 35.5. The molecule has 8 nitrogen and oxygen atoms in total. The standard InChI is InChI=1S/C25H31ClN4O4S/c1-3-13-28(14-4-2)22(32)17-30-20-11-16-35-23(20)24(33)29(25(30)34)15-10-21(31)27-12-9-18-5-7-19(26)8-6-18/h5-8,11,16H,3-4,9-10,12-15,17H2,1-2H3,(H,27,31). The van der Waals surface area contributed by atoms with Gasteiger partial charge in [0.2, 0.25) is 11.8 Å². The summed E-state index contributed by atoms with van der Waals surface area (Å²) in [5, 5.41) is 5.21. The summed E-state index contributed by atoms with van der Waals surface area (Å²) in [5.74, 6) is -0.412. The number of rotatable bonds is 12. The maximum absolute atomic E-state index is 13.2. The van der Waals surface area contributed by atoms with Gasteiger partial charge in [-0.15, -0.1) is 11.3 Å². The van der Waals surface area contributed by atoms with Gasteiger partial charge in [0.05, 0.1) is 5.52 Å². The van der Waals surface area contributed by atoms with Crippen molar-refractivity contribution in [1.29, 1.82) is 0 Å². The van der Waals surface area contributed by atoms with Gasteiger partial charge < -0.3 is 10.2 Å². The fourth-order valence-corrected chi connectivity index (χ4v) is 4.89. The maximum atomic E-state index is 13.2. The number of benzene rings is 1. The number of nitrogens with zero attached hydrogens (tertiary/aromatic N) is 3. The van der Waals surface area contributed by atoms with Gasteiger partial charge in [-0.2, -0.15) is 0 Å². The van der Waals surface area contributed by atoms with E-state index in [9.17, 15) is 19.2 Å². The van der Waals surface area contributed by atoms with Crippen LogP contribution in [0.3, 0.4) is 0 Å². The lowest BCUT2D eigenvalue weighted by atomic mass is 10.1. The number of carbonyl (C=O) groups excluding carboxylic acids is 2. The molecule has 0 radical (unpaired) electrons. The Labute approximate surface area is 213 Å². The minimum absolute atomic E-state index is 0.0155. The molecule has 0 saturated heterocycles. The molecular formula is C25H31ClN4O4S. The number of fused-ring (bicyclic) bond motifs is 1. The predicted molar refractivity (Wildman–Crippen MR) is 140 cm³/mol. The molecule has 0 spiro atoms. The third kappa shape index (κ3) is 6.82. The van der Waals surface area contributed by atoms with Crippen molar-refractivity contribution in [1.82, 2.24) is 19.4 Å². The van der Waals surface area contributed by atoms with Crippen LogP contribution in [0.4, 0.5) is 0 Å². The molecule has 188 valence electrons. The number of halogens is 1. The van der Waals surface area contributed by atoms with Crippen LogP contribution in [0.5, 0.6) is 0 Å². The highest BCUT2D eigenvalue weighted by Gasteiger charge is 2.19. The molecule has 0 aliphatic rings. The molecule has 0 aliphatic heterocycles. The van der Waals surface area contributed by atoms with Crippen LogP contribution in [-0.4, -0.2) is 45.5 Å². The van der Waals surface area contributed by atoms with Crippen LogP contribution in [0.2, 0.25) is 5.02 Å². The number of aromatic nitrogens is 2. The summed E-state index contributed by atoms with van der Waals surface area (Å²) in [5.41, 5.74) is 0.490. The molecule has 3 rings (SSSR count). The first kappa shape index (κ1) is 26.7. The highest BCUT2D eigenvalue weighted by molar-refractivity contribution is 7.17. The fraction of sp³-hybridized carbons (Fsp3) is 0.440. The molecule has 2 amide bonds. The van der Waals surface area contributed by atoms with Gasteiger partial charge in [0.25, 0.3) is 5.56 Å². The third-order valence-corrected chi connectivity index (χ3v) is 6.82. The minimum Gasteiger partial charge on any atom is -0.356 e. The molecule has 2 heterocycles. The van der Waals surface area contributed by atoms with Crippen molar-refractivity contribution >= 4 is 45.0 Å². The molecule has 0 unspecified atom stereocenters. The Morgan fingerprint density at radius 1 is 1.03 bits per heavy atom. The van der Waals surface area contributed by atoms with E-state index in [0.717, 1.165) is 23.0 Å². The van der Waals surface area contributed by atoms with Crippen LogP contribution in [0.1, 0.15) is 38.7 Å². The molecule has 0 fully saturated rings. The Hall–Kier alpha value is -2.91. The van der Waals surface area contributed by atoms with Crippen molar-refractivity contribution in [3.8, 4) is 0 Å². The Morgan fingerprint density at radius 3 is 2.37 bits per heavy atom.